The van der Waals surface area contributed by atoms with Crippen LogP contribution in [0, 0.1) is 0 Å². The van der Waals surface area contributed by atoms with Gasteiger partial charge in [0.15, 0.2) is 0 Å². The molecule has 0 saturated carbocycles. The van der Waals surface area contributed by atoms with Gasteiger partial charge in [-0.15, -0.1) is 11.3 Å². The average Bonchev–Trinajstić information content (AvgIpc) is 2.85. The summed E-state index contributed by atoms with van der Waals surface area (Å²) in [6.45, 7) is 3.30. The van der Waals surface area contributed by atoms with Gasteiger partial charge in [0.25, 0.3) is 5.91 Å². The molecular weight excluding hydrogens is 352 g/mol. The van der Waals surface area contributed by atoms with Crippen LogP contribution in [0.2, 0.25) is 0 Å². The lowest BCUT2D eigenvalue weighted by molar-refractivity contribution is 0.0698. The minimum absolute atomic E-state index is 0.0319. The Hall–Kier alpha value is -0.440. The topological polar surface area (TPSA) is 57.7 Å². The first-order valence-electron chi connectivity index (χ1n) is 5.95. The van der Waals surface area contributed by atoms with Crippen LogP contribution in [0.1, 0.15) is 17.3 Å². The van der Waals surface area contributed by atoms with Gasteiger partial charge >= 0.3 is 0 Å². The number of nitrogens with zero attached hydrogens (tertiary/aromatic N) is 2. The van der Waals surface area contributed by atoms with Crippen LogP contribution in [-0.4, -0.2) is 55.5 Å². The Morgan fingerprint density at radius 1 is 1.37 bits per heavy atom. The van der Waals surface area contributed by atoms with Gasteiger partial charge in [0, 0.05) is 31.6 Å². The lowest BCUT2D eigenvalue weighted by Crippen LogP contribution is -2.50. The van der Waals surface area contributed by atoms with Crippen LogP contribution >= 0.6 is 27.3 Å². The van der Waals surface area contributed by atoms with Crippen molar-refractivity contribution >= 4 is 43.2 Å². The second-order valence-corrected chi connectivity index (χ2v) is 8.78. The Kier molecular flexibility index (Phi) is 4.65. The summed E-state index contributed by atoms with van der Waals surface area (Å²) < 4.78 is 25.8. The molecule has 2 rings (SSSR count). The largest absolute Gasteiger partial charge is 0.336 e. The zero-order valence-electron chi connectivity index (χ0n) is 10.5. The van der Waals surface area contributed by atoms with E-state index in [0.29, 0.717) is 31.7 Å². The minimum atomic E-state index is -3.14. The summed E-state index contributed by atoms with van der Waals surface area (Å²) in [6.07, 6.45) is 0. The number of rotatable bonds is 3. The van der Waals surface area contributed by atoms with Crippen LogP contribution in [0.25, 0.3) is 0 Å². The molecule has 0 unspecified atom stereocenters. The van der Waals surface area contributed by atoms with E-state index in [1.807, 2.05) is 5.38 Å². The van der Waals surface area contributed by atoms with E-state index < -0.39 is 10.0 Å². The zero-order chi connectivity index (χ0) is 14.0. The molecule has 1 aliphatic rings. The summed E-state index contributed by atoms with van der Waals surface area (Å²) in [5.74, 6) is 0.0776. The fraction of sp³-hybridized carbons (Fsp3) is 0.545. The minimum Gasteiger partial charge on any atom is -0.336 e. The summed E-state index contributed by atoms with van der Waals surface area (Å²) >= 11 is 4.80. The number of amides is 1. The van der Waals surface area contributed by atoms with Crippen LogP contribution in [0.5, 0.6) is 0 Å². The first-order chi connectivity index (χ1) is 8.94. The van der Waals surface area contributed by atoms with Crippen LogP contribution in [0.4, 0.5) is 0 Å². The summed E-state index contributed by atoms with van der Waals surface area (Å²) in [6, 6.07) is 1.79. The lowest BCUT2D eigenvalue weighted by atomic mass is 10.2. The standard InChI is InChI=1S/C11H15BrN2O3S2/c1-2-19(16,17)14-5-3-13(4-6-14)11(15)9-7-10(12)18-8-9/h7-8H,2-6H2,1H3. The molecule has 0 atom stereocenters. The number of halogens is 1. The van der Waals surface area contributed by atoms with E-state index in [2.05, 4.69) is 15.9 Å². The molecule has 0 spiro atoms. The van der Waals surface area contributed by atoms with E-state index >= 15 is 0 Å². The van der Waals surface area contributed by atoms with Gasteiger partial charge in [-0.05, 0) is 28.9 Å². The molecule has 2 heterocycles. The van der Waals surface area contributed by atoms with E-state index in [-0.39, 0.29) is 11.7 Å². The molecule has 1 aromatic rings. The van der Waals surface area contributed by atoms with Crippen molar-refractivity contribution in [3.8, 4) is 0 Å². The third-order valence-corrected chi connectivity index (χ3v) is 6.48. The Morgan fingerprint density at radius 2 is 2.00 bits per heavy atom. The molecule has 0 aliphatic carbocycles. The van der Waals surface area contributed by atoms with Gasteiger partial charge in [-0.2, -0.15) is 4.31 Å². The first-order valence-corrected chi connectivity index (χ1v) is 9.23. The van der Waals surface area contributed by atoms with Crippen LogP contribution < -0.4 is 0 Å². The molecule has 0 radical (unpaired) electrons. The molecule has 0 aromatic carbocycles. The molecule has 1 fully saturated rings. The SMILES string of the molecule is CCS(=O)(=O)N1CCN(C(=O)c2csc(Br)c2)CC1. The summed E-state index contributed by atoms with van der Waals surface area (Å²) in [7, 11) is -3.14. The van der Waals surface area contributed by atoms with Crippen LogP contribution in [0.15, 0.2) is 15.2 Å². The van der Waals surface area contributed by atoms with Crippen molar-refractivity contribution in [2.24, 2.45) is 0 Å². The van der Waals surface area contributed by atoms with Gasteiger partial charge in [-0.1, -0.05) is 0 Å². The maximum Gasteiger partial charge on any atom is 0.254 e. The molecule has 1 saturated heterocycles. The monoisotopic (exact) mass is 366 g/mol. The molecule has 19 heavy (non-hydrogen) atoms. The van der Waals surface area contributed by atoms with E-state index in [1.54, 1.807) is 17.9 Å². The normalized spacial score (nSPS) is 17.7. The Balaban J connectivity index is 1.99. The molecule has 1 aliphatic heterocycles. The number of sulfonamides is 1. The number of hydrogen-bond acceptors (Lipinski definition) is 4. The summed E-state index contributed by atoms with van der Waals surface area (Å²) in [5, 5.41) is 1.81. The molecule has 0 bridgehead atoms. The number of carbonyl (C=O) groups excluding carboxylic acids is 1. The predicted molar refractivity (Wildman–Crippen MR) is 79.0 cm³/mol. The Labute approximate surface area is 125 Å². The highest BCUT2D eigenvalue weighted by Gasteiger charge is 2.28. The highest BCUT2D eigenvalue weighted by molar-refractivity contribution is 9.11. The number of piperazine rings is 1. The Morgan fingerprint density at radius 3 is 2.47 bits per heavy atom. The van der Waals surface area contributed by atoms with Crippen molar-refractivity contribution in [3.05, 3.63) is 20.8 Å². The van der Waals surface area contributed by atoms with Crippen molar-refractivity contribution in [2.45, 2.75) is 6.92 Å². The van der Waals surface area contributed by atoms with Crippen molar-refractivity contribution in [1.29, 1.82) is 0 Å². The highest BCUT2D eigenvalue weighted by Crippen LogP contribution is 2.22. The smallest absolute Gasteiger partial charge is 0.254 e. The Bertz CT molecular complexity index is 562. The van der Waals surface area contributed by atoms with Crippen LogP contribution in [-0.2, 0) is 10.0 Å². The fourth-order valence-corrected chi connectivity index (χ4v) is 4.17. The van der Waals surface area contributed by atoms with Crippen molar-refractivity contribution < 1.29 is 13.2 Å². The molecule has 5 nitrogen and oxygen atoms in total. The van der Waals surface area contributed by atoms with E-state index in [0.717, 1.165) is 3.79 Å². The second kappa shape index (κ2) is 5.90. The van der Waals surface area contributed by atoms with Gasteiger partial charge < -0.3 is 4.90 Å². The van der Waals surface area contributed by atoms with Crippen LogP contribution in [0.3, 0.4) is 0 Å². The third-order valence-electron chi connectivity index (χ3n) is 3.10. The second-order valence-electron chi connectivity index (χ2n) is 4.23. The predicted octanol–water partition coefficient (Wildman–Crippen LogP) is 1.62. The maximum atomic E-state index is 12.2. The highest BCUT2D eigenvalue weighted by atomic mass is 79.9. The molecule has 1 amide bonds. The quantitative estimate of drug-likeness (QED) is 0.816. The summed E-state index contributed by atoms with van der Waals surface area (Å²) in [4.78, 5) is 13.9. The number of thiophene rings is 1. The molecule has 106 valence electrons. The van der Waals surface area contributed by atoms with Gasteiger partial charge in [0.1, 0.15) is 0 Å². The third kappa shape index (κ3) is 3.36. The molecule has 0 N–H and O–H groups in total. The number of hydrogen-bond donors (Lipinski definition) is 0. The molecule has 1 aromatic heterocycles. The van der Waals surface area contributed by atoms with E-state index in [4.69, 9.17) is 0 Å². The summed E-state index contributed by atoms with van der Waals surface area (Å²) in [5.41, 5.74) is 0.656. The molecule has 8 heteroatoms. The van der Waals surface area contributed by atoms with E-state index in [1.165, 1.54) is 15.6 Å². The number of carbonyl (C=O) groups is 1. The van der Waals surface area contributed by atoms with Crippen molar-refractivity contribution in [3.63, 3.8) is 0 Å². The zero-order valence-corrected chi connectivity index (χ0v) is 13.7. The van der Waals surface area contributed by atoms with Gasteiger partial charge in [-0.3, -0.25) is 4.79 Å². The maximum absolute atomic E-state index is 12.2. The molecular formula is C11H15BrN2O3S2. The average molecular weight is 367 g/mol. The van der Waals surface area contributed by atoms with Gasteiger partial charge in [0.2, 0.25) is 10.0 Å². The van der Waals surface area contributed by atoms with Crippen molar-refractivity contribution in [1.82, 2.24) is 9.21 Å². The fourth-order valence-electron chi connectivity index (χ4n) is 1.96. The van der Waals surface area contributed by atoms with E-state index in [9.17, 15) is 13.2 Å². The first kappa shape index (κ1) is 15.0. The van der Waals surface area contributed by atoms with Crippen molar-refractivity contribution in [2.75, 3.05) is 31.9 Å². The van der Waals surface area contributed by atoms with Gasteiger partial charge in [-0.25, -0.2) is 8.42 Å². The lowest BCUT2D eigenvalue weighted by Gasteiger charge is -2.33. The van der Waals surface area contributed by atoms with Gasteiger partial charge in [0.05, 0.1) is 15.1 Å².